The predicted octanol–water partition coefficient (Wildman–Crippen LogP) is 1.73. The lowest BCUT2D eigenvalue weighted by atomic mass is 10.2. The van der Waals surface area contributed by atoms with Gasteiger partial charge in [0.2, 0.25) is 10.0 Å². The molecule has 2 aromatic rings. The Labute approximate surface area is 145 Å². The number of esters is 1. The highest BCUT2D eigenvalue weighted by Crippen LogP contribution is 2.17. The highest BCUT2D eigenvalue weighted by Gasteiger charge is 2.22. The number of benzene rings is 1. The van der Waals surface area contributed by atoms with E-state index in [9.17, 15) is 18.0 Å². The molecule has 0 spiro atoms. The van der Waals surface area contributed by atoms with Crippen LogP contribution in [0.15, 0.2) is 39.6 Å². The van der Waals surface area contributed by atoms with E-state index < -0.39 is 28.0 Å². The lowest BCUT2D eigenvalue weighted by molar-refractivity contribution is -0.123. The minimum Gasteiger partial charge on any atom is -0.466 e. The van der Waals surface area contributed by atoms with Crippen molar-refractivity contribution in [2.75, 3.05) is 5.32 Å². The second-order valence-electron chi connectivity index (χ2n) is 5.43. The first-order valence-electron chi connectivity index (χ1n) is 7.29. The summed E-state index contributed by atoms with van der Waals surface area (Å²) in [6, 6.07) is 6.83. The van der Waals surface area contributed by atoms with Crippen LogP contribution in [-0.2, 0) is 19.6 Å². The van der Waals surface area contributed by atoms with Gasteiger partial charge in [-0.05, 0) is 51.1 Å². The van der Waals surface area contributed by atoms with Crippen molar-refractivity contribution in [1.29, 1.82) is 0 Å². The highest BCUT2D eigenvalue weighted by atomic mass is 32.2. The molecule has 0 aliphatic rings. The lowest BCUT2D eigenvalue weighted by Crippen LogP contribution is -2.30. The quantitative estimate of drug-likeness (QED) is 0.775. The number of primary sulfonamides is 1. The molecule has 0 unspecified atom stereocenters. The SMILES string of the molecule is Cc1cc(C(=O)O[C@H](C)C(=O)Nc2ccc(S(N)(=O)=O)cc2)c(C)o1. The average Bonchev–Trinajstić information content (AvgIpc) is 2.85. The van der Waals surface area contributed by atoms with Crippen molar-refractivity contribution in [3.05, 3.63) is 47.4 Å². The maximum atomic E-state index is 12.1. The second-order valence-corrected chi connectivity index (χ2v) is 6.99. The normalized spacial score (nSPS) is 12.5. The van der Waals surface area contributed by atoms with Gasteiger partial charge in [0.05, 0.1) is 4.90 Å². The molecule has 0 radical (unpaired) electrons. The molecule has 1 heterocycles. The Morgan fingerprint density at radius 1 is 1.20 bits per heavy atom. The Bertz CT molecular complexity index is 899. The third-order valence-corrected chi connectivity index (χ3v) is 4.29. The number of carbonyl (C=O) groups is 2. The number of amides is 1. The molecular weight excluding hydrogens is 348 g/mol. The maximum absolute atomic E-state index is 12.1. The average molecular weight is 366 g/mol. The van der Waals surface area contributed by atoms with Crippen LogP contribution in [0.5, 0.6) is 0 Å². The number of hydrogen-bond acceptors (Lipinski definition) is 6. The standard InChI is InChI=1S/C16H18N2O6S/c1-9-8-14(10(2)23-9)16(20)24-11(3)15(19)18-12-4-6-13(7-5-12)25(17,21)22/h4-8,11H,1-3H3,(H,18,19)(H2,17,21,22)/t11-/m1/s1. The summed E-state index contributed by atoms with van der Waals surface area (Å²) in [7, 11) is -3.80. The number of furan rings is 1. The van der Waals surface area contributed by atoms with E-state index >= 15 is 0 Å². The van der Waals surface area contributed by atoms with Gasteiger partial charge in [0.25, 0.3) is 5.91 Å². The number of nitrogens with two attached hydrogens (primary N) is 1. The first-order valence-corrected chi connectivity index (χ1v) is 8.84. The van der Waals surface area contributed by atoms with E-state index in [2.05, 4.69) is 5.32 Å². The summed E-state index contributed by atoms with van der Waals surface area (Å²) in [5, 5.41) is 7.52. The number of sulfonamides is 1. The number of aryl methyl sites for hydroxylation is 2. The van der Waals surface area contributed by atoms with Crippen molar-refractivity contribution in [2.45, 2.75) is 31.8 Å². The van der Waals surface area contributed by atoms with Crippen LogP contribution in [-0.4, -0.2) is 26.4 Å². The smallest absolute Gasteiger partial charge is 0.342 e. The summed E-state index contributed by atoms with van der Waals surface area (Å²) < 4.78 is 32.7. The number of rotatable bonds is 5. The van der Waals surface area contributed by atoms with Crippen molar-refractivity contribution in [3.8, 4) is 0 Å². The Kier molecular flexibility index (Phi) is 5.29. The van der Waals surface area contributed by atoms with Gasteiger partial charge in [0, 0.05) is 5.69 Å². The van der Waals surface area contributed by atoms with Gasteiger partial charge < -0.3 is 14.5 Å². The van der Waals surface area contributed by atoms with Crippen molar-refractivity contribution >= 4 is 27.6 Å². The van der Waals surface area contributed by atoms with Gasteiger partial charge in [0.15, 0.2) is 6.10 Å². The van der Waals surface area contributed by atoms with Crippen molar-refractivity contribution in [3.63, 3.8) is 0 Å². The molecule has 0 bridgehead atoms. The largest absolute Gasteiger partial charge is 0.466 e. The van der Waals surface area contributed by atoms with Crippen molar-refractivity contribution < 1.29 is 27.2 Å². The lowest BCUT2D eigenvalue weighted by Gasteiger charge is -2.13. The van der Waals surface area contributed by atoms with Crippen LogP contribution < -0.4 is 10.5 Å². The first kappa shape index (κ1) is 18.7. The van der Waals surface area contributed by atoms with E-state index in [1.165, 1.54) is 37.3 Å². The minimum atomic E-state index is -3.80. The van der Waals surface area contributed by atoms with Crippen LogP contribution in [0.3, 0.4) is 0 Å². The van der Waals surface area contributed by atoms with Crippen LogP contribution in [0, 0.1) is 13.8 Å². The zero-order valence-electron chi connectivity index (χ0n) is 13.9. The fourth-order valence-corrected chi connectivity index (χ4v) is 2.60. The summed E-state index contributed by atoms with van der Waals surface area (Å²) in [4.78, 5) is 24.1. The third-order valence-electron chi connectivity index (χ3n) is 3.36. The number of nitrogens with one attached hydrogen (secondary N) is 1. The minimum absolute atomic E-state index is 0.0734. The van der Waals surface area contributed by atoms with E-state index in [4.69, 9.17) is 14.3 Å². The Hall–Kier alpha value is -2.65. The van der Waals surface area contributed by atoms with E-state index in [1.807, 2.05) is 0 Å². The molecule has 3 N–H and O–H groups in total. The molecule has 1 atom stereocenters. The molecule has 0 saturated heterocycles. The molecule has 2 rings (SSSR count). The maximum Gasteiger partial charge on any atom is 0.342 e. The Morgan fingerprint density at radius 2 is 1.80 bits per heavy atom. The molecule has 0 aliphatic carbocycles. The van der Waals surface area contributed by atoms with E-state index in [-0.39, 0.29) is 10.5 Å². The van der Waals surface area contributed by atoms with Crippen LogP contribution in [0.2, 0.25) is 0 Å². The summed E-state index contributed by atoms with van der Waals surface area (Å²) in [5.41, 5.74) is 0.602. The molecule has 0 aliphatic heterocycles. The number of ether oxygens (including phenoxy) is 1. The summed E-state index contributed by atoms with van der Waals surface area (Å²) in [6.07, 6.45) is -1.06. The molecule has 8 nitrogen and oxygen atoms in total. The molecule has 0 fully saturated rings. The Morgan fingerprint density at radius 3 is 2.28 bits per heavy atom. The van der Waals surface area contributed by atoms with Gasteiger partial charge in [-0.15, -0.1) is 0 Å². The summed E-state index contributed by atoms with van der Waals surface area (Å²) >= 11 is 0. The van der Waals surface area contributed by atoms with Crippen molar-refractivity contribution in [2.24, 2.45) is 5.14 Å². The summed E-state index contributed by atoms with van der Waals surface area (Å²) in [5.74, 6) is -0.249. The molecule has 0 saturated carbocycles. The highest BCUT2D eigenvalue weighted by molar-refractivity contribution is 7.89. The number of anilines is 1. The molecule has 1 aromatic carbocycles. The molecule has 25 heavy (non-hydrogen) atoms. The number of carbonyl (C=O) groups excluding carboxylic acids is 2. The van der Waals surface area contributed by atoms with Crippen LogP contribution in [0.25, 0.3) is 0 Å². The van der Waals surface area contributed by atoms with E-state index in [1.54, 1.807) is 13.8 Å². The van der Waals surface area contributed by atoms with Gasteiger partial charge in [-0.3, -0.25) is 4.79 Å². The molecular formula is C16H18N2O6S. The fraction of sp³-hybridized carbons (Fsp3) is 0.250. The zero-order valence-corrected chi connectivity index (χ0v) is 14.7. The fourth-order valence-electron chi connectivity index (χ4n) is 2.08. The van der Waals surface area contributed by atoms with Gasteiger partial charge in [-0.1, -0.05) is 0 Å². The van der Waals surface area contributed by atoms with Crippen LogP contribution in [0.1, 0.15) is 28.8 Å². The topological polar surface area (TPSA) is 129 Å². The van der Waals surface area contributed by atoms with Crippen LogP contribution in [0.4, 0.5) is 5.69 Å². The van der Waals surface area contributed by atoms with Gasteiger partial charge >= 0.3 is 5.97 Å². The second kappa shape index (κ2) is 7.08. The monoisotopic (exact) mass is 366 g/mol. The molecule has 9 heteroatoms. The third kappa shape index (κ3) is 4.68. The Balaban J connectivity index is 2.00. The van der Waals surface area contributed by atoms with Gasteiger partial charge in [-0.2, -0.15) is 0 Å². The molecule has 134 valence electrons. The van der Waals surface area contributed by atoms with Crippen LogP contribution >= 0.6 is 0 Å². The predicted molar refractivity (Wildman–Crippen MR) is 89.5 cm³/mol. The van der Waals surface area contributed by atoms with Crippen molar-refractivity contribution in [1.82, 2.24) is 0 Å². The van der Waals surface area contributed by atoms with Gasteiger partial charge in [0.1, 0.15) is 17.1 Å². The zero-order chi connectivity index (χ0) is 18.8. The first-order chi connectivity index (χ1) is 11.6. The van der Waals surface area contributed by atoms with E-state index in [0.717, 1.165) is 0 Å². The van der Waals surface area contributed by atoms with E-state index in [0.29, 0.717) is 17.2 Å². The summed E-state index contributed by atoms with van der Waals surface area (Å²) in [6.45, 7) is 4.75. The van der Waals surface area contributed by atoms with Gasteiger partial charge in [-0.25, -0.2) is 18.4 Å². The molecule has 1 aromatic heterocycles. The molecule has 1 amide bonds. The number of hydrogen-bond donors (Lipinski definition) is 2.